The van der Waals surface area contributed by atoms with Crippen LogP contribution >= 0.6 is 27.5 Å². The molecule has 1 aromatic carbocycles. The lowest BCUT2D eigenvalue weighted by molar-refractivity contribution is -0.0119. The van der Waals surface area contributed by atoms with E-state index in [1.165, 1.54) is 6.42 Å². The van der Waals surface area contributed by atoms with Crippen molar-refractivity contribution >= 4 is 27.5 Å². The van der Waals surface area contributed by atoms with E-state index in [0.29, 0.717) is 12.5 Å². The number of benzene rings is 1. The quantitative estimate of drug-likeness (QED) is 0.859. The molecule has 2 rings (SSSR count). The Morgan fingerprint density at radius 3 is 3.00 bits per heavy atom. The molecule has 19 heavy (non-hydrogen) atoms. The van der Waals surface area contributed by atoms with Crippen LogP contribution in [0.4, 0.5) is 0 Å². The number of aliphatic hydroxyl groups is 1. The standard InChI is InChI=1S/C15H21BrClNO/c1-11-3-2-6-15(19,8-11)10-18-9-12-4-5-13(16)14(17)7-12/h4-5,7,11,18-19H,2-3,6,8-10H2,1H3. The molecule has 1 aromatic rings. The molecular formula is C15H21BrClNO. The summed E-state index contributed by atoms with van der Waals surface area (Å²) in [6, 6.07) is 5.94. The Morgan fingerprint density at radius 2 is 2.32 bits per heavy atom. The Balaban J connectivity index is 1.84. The Hall–Kier alpha value is -0.0900. The third kappa shape index (κ3) is 4.45. The average Bonchev–Trinajstić information content (AvgIpc) is 2.33. The Bertz CT molecular complexity index is 440. The van der Waals surface area contributed by atoms with Crippen LogP contribution in [0, 0.1) is 5.92 Å². The molecule has 4 heteroatoms. The molecule has 0 aliphatic heterocycles. The molecule has 2 nitrogen and oxygen atoms in total. The second kappa shape index (κ2) is 6.57. The fourth-order valence-electron chi connectivity index (χ4n) is 2.88. The third-order valence-corrected chi connectivity index (χ3v) is 5.07. The van der Waals surface area contributed by atoms with Crippen LogP contribution in [-0.2, 0) is 6.54 Å². The highest BCUT2D eigenvalue weighted by Gasteiger charge is 2.31. The topological polar surface area (TPSA) is 32.3 Å². The zero-order chi connectivity index (χ0) is 13.9. The minimum Gasteiger partial charge on any atom is -0.389 e. The van der Waals surface area contributed by atoms with Crippen molar-refractivity contribution in [2.75, 3.05) is 6.54 Å². The van der Waals surface area contributed by atoms with E-state index in [1.807, 2.05) is 18.2 Å². The Kier molecular flexibility index (Phi) is 5.29. The third-order valence-electron chi connectivity index (χ3n) is 3.83. The van der Waals surface area contributed by atoms with Crippen molar-refractivity contribution in [3.63, 3.8) is 0 Å². The van der Waals surface area contributed by atoms with Gasteiger partial charge in [-0.3, -0.25) is 0 Å². The molecule has 2 N–H and O–H groups in total. The zero-order valence-corrected chi connectivity index (χ0v) is 13.6. The molecule has 0 saturated heterocycles. The summed E-state index contributed by atoms with van der Waals surface area (Å²) in [6.45, 7) is 3.62. The van der Waals surface area contributed by atoms with Gasteiger partial charge in [0.25, 0.3) is 0 Å². The van der Waals surface area contributed by atoms with Crippen LogP contribution in [0.1, 0.15) is 38.2 Å². The highest BCUT2D eigenvalue weighted by Crippen LogP contribution is 2.31. The largest absolute Gasteiger partial charge is 0.389 e. The fraction of sp³-hybridized carbons (Fsp3) is 0.600. The minimum atomic E-state index is -0.531. The summed E-state index contributed by atoms with van der Waals surface area (Å²) in [7, 11) is 0. The lowest BCUT2D eigenvalue weighted by Crippen LogP contribution is -2.43. The van der Waals surface area contributed by atoms with Gasteiger partial charge in [0.05, 0.1) is 10.6 Å². The maximum Gasteiger partial charge on any atom is 0.0774 e. The van der Waals surface area contributed by atoms with Gasteiger partial charge in [-0.05, 0) is 52.4 Å². The van der Waals surface area contributed by atoms with Crippen LogP contribution in [0.2, 0.25) is 5.02 Å². The van der Waals surface area contributed by atoms with Crippen molar-refractivity contribution in [1.29, 1.82) is 0 Å². The van der Waals surface area contributed by atoms with E-state index in [4.69, 9.17) is 11.6 Å². The van der Waals surface area contributed by atoms with Gasteiger partial charge in [-0.2, -0.15) is 0 Å². The highest BCUT2D eigenvalue weighted by molar-refractivity contribution is 9.10. The van der Waals surface area contributed by atoms with Crippen LogP contribution in [0.25, 0.3) is 0 Å². The number of hydrogen-bond acceptors (Lipinski definition) is 2. The average molecular weight is 347 g/mol. The van der Waals surface area contributed by atoms with Gasteiger partial charge < -0.3 is 10.4 Å². The smallest absolute Gasteiger partial charge is 0.0774 e. The predicted octanol–water partition coefficient (Wildman–Crippen LogP) is 4.13. The summed E-state index contributed by atoms with van der Waals surface area (Å²) >= 11 is 9.45. The van der Waals surface area contributed by atoms with E-state index in [-0.39, 0.29) is 0 Å². The summed E-state index contributed by atoms with van der Waals surface area (Å²) < 4.78 is 0.914. The SMILES string of the molecule is CC1CCCC(O)(CNCc2ccc(Br)c(Cl)c2)C1. The number of hydrogen-bond donors (Lipinski definition) is 2. The summed E-state index contributed by atoms with van der Waals surface area (Å²) in [5.74, 6) is 0.627. The normalized spacial score (nSPS) is 27.5. The molecule has 0 aromatic heterocycles. The van der Waals surface area contributed by atoms with Gasteiger partial charge in [-0.1, -0.05) is 37.4 Å². The minimum absolute atomic E-state index is 0.531. The second-order valence-corrected chi connectivity index (χ2v) is 7.04. The van der Waals surface area contributed by atoms with Crippen LogP contribution < -0.4 is 5.32 Å². The van der Waals surface area contributed by atoms with E-state index in [0.717, 1.165) is 40.9 Å². The predicted molar refractivity (Wildman–Crippen MR) is 83.4 cm³/mol. The van der Waals surface area contributed by atoms with E-state index in [2.05, 4.69) is 28.2 Å². The summed E-state index contributed by atoms with van der Waals surface area (Å²) in [4.78, 5) is 0. The van der Waals surface area contributed by atoms with Gasteiger partial charge in [0.2, 0.25) is 0 Å². The van der Waals surface area contributed by atoms with Crippen LogP contribution in [-0.4, -0.2) is 17.3 Å². The number of rotatable bonds is 4. The maximum atomic E-state index is 10.5. The van der Waals surface area contributed by atoms with Gasteiger partial charge in [0, 0.05) is 17.6 Å². The Morgan fingerprint density at radius 1 is 1.53 bits per heavy atom. The Labute approximate surface area is 128 Å². The number of halogens is 2. The molecule has 1 aliphatic rings. The first kappa shape index (κ1) is 15.3. The first-order valence-electron chi connectivity index (χ1n) is 6.85. The molecule has 106 valence electrons. The van der Waals surface area contributed by atoms with Gasteiger partial charge in [-0.25, -0.2) is 0 Å². The lowest BCUT2D eigenvalue weighted by Gasteiger charge is -2.35. The number of nitrogens with one attached hydrogen (secondary N) is 1. The fourth-order valence-corrected chi connectivity index (χ4v) is 3.33. The van der Waals surface area contributed by atoms with Crippen LogP contribution in [0.3, 0.4) is 0 Å². The van der Waals surface area contributed by atoms with Crippen molar-refractivity contribution in [2.45, 2.75) is 44.8 Å². The molecule has 0 bridgehead atoms. The van der Waals surface area contributed by atoms with E-state index < -0.39 is 5.60 Å². The highest BCUT2D eigenvalue weighted by atomic mass is 79.9. The van der Waals surface area contributed by atoms with Gasteiger partial charge in [0.1, 0.15) is 0 Å². The van der Waals surface area contributed by atoms with Gasteiger partial charge >= 0.3 is 0 Å². The second-order valence-electron chi connectivity index (χ2n) is 5.78. The van der Waals surface area contributed by atoms with Crippen LogP contribution in [0.5, 0.6) is 0 Å². The van der Waals surface area contributed by atoms with Crippen molar-refractivity contribution in [3.8, 4) is 0 Å². The van der Waals surface area contributed by atoms with Gasteiger partial charge in [0.15, 0.2) is 0 Å². The summed E-state index contributed by atoms with van der Waals surface area (Å²) in [6.07, 6.45) is 4.18. The molecular weight excluding hydrogens is 326 g/mol. The summed E-state index contributed by atoms with van der Waals surface area (Å²) in [5.41, 5.74) is 0.609. The molecule has 2 atom stereocenters. The summed E-state index contributed by atoms with van der Waals surface area (Å²) in [5, 5.41) is 14.6. The van der Waals surface area contributed by atoms with E-state index in [1.54, 1.807) is 0 Å². The van der Waals surface area contributed by atoms with E-state index in [9.17, 15) is 5.11 Å². The molecule has 2 unspecified atom stereocenters. The maximum absolute atomic E-state index is 10.5. The first-order chi connectivity index (χ1) is 8.98. The molecule has 0 heterocycles. The van der Waals surface area contributed by atoms with Crippen molar-refractivity contribution in [3.05, 3.63) is 33.3 Å². The molecule has 1 fully saturated rings. The van der Waals surface area contributed by atoms with Crippen molar-refractivity contribution in [2.24, 2.45) is 5.92 Å². The molecule has 0 radical (unpaired) electrons. The van der Waals surface area contributed by atoms with Crippen molar-refractivity contribution < 1.29 is 5.11 Å². The van der Waals surface area contributed by atoms with Crippen molar-refractivity contribution in [1.82, 2.24) is 5.32 Å². The van der Waals surface area contributed by atoms with Crippen LogP contribution in [0.15, 0.2) is 22.7 Å². The van der Waals surface area contributed by atoms with E-state index >= 15 is 0 Å². The molecule has 0 amide bonds. The molecule has 0 spiro atoms. The molecule has 1 aliphatic carbocycles. The lowest BCUT2D eigenvalue weighted by atomic mass is 9.79. The monoisotopic (exact) mass is 345 g/mol. The first-order valence-corrected chi connectivity index (χ1v) is 8.03. The van der Waals surface area contributed by atoms with Gasteiger partial charge in [-0.15, -0.1) is 0 Å². The zero-order valence-electron chi connectivity index (χ0n) is 11.3. The molecule has 1 saturated carbocycles.